The van der Waals surface area contributed by atoms with E-state index >= 15 is 0 Å². The number of carbonyl (C=O) groups is 3. The number of nitrogens with one attached hydrogen (secondary N) is 1. The lowest BCUT2D eigenvalue weighted by molar-refractivity contribution is -0.136. The van der Waals surface area contributed by atoms with E-state index in [1.165, 1.54) is 11.3 Å². The molecule has 0 aliphatic heterocycles. The van der Waals surface area contributed by atoms with Crippen molar-refractivity contribution in [3.8, 4) is 10.4 Å². The number of benzene rings is 2. The Hall–Kier alpha value is -3.45. The summed E-state index contributed by atoms with van der Waals surface area (Å²) in [5, 5.41) is 21.5. The Morgan fingerprint density at radius 2 is 1.62 bits per heavy atom. The van der Waals surface area contributed by atoms with Crippen LogP contribution in [0.2, 0.25) is 0 Å². The van der Waals surface area contributed by atoms with Gasteiger partial charge in [0.05, 0.1) is 5.69 Å². The zero-order valence-electron chi connectivity index (χ0n) is 17.8. The smallest absolute Gasteiger partial charge is 0.348 e. The second-order valence-electron chi connectivity index (χ2n) is 7.57. The van der Waals surface area contributed by atoms with Crippen LogP contribution in [0.3, 0.4) is 0 Å². The quantitative estimate of drug-likeness (QED) is 0.262. The van der Waals surface area contributed by atoms with Crippen molar-refractivity contribution < 1.29 is 24.6 Å². The van der Waals surface area contributed by atoms with Gasteiger partial charge in [0.2, 0.25) is 0 Å². The summed E-state index contributed by atoms with van der Waals surface area (Å²) < 4.78 is 0. The van der Waals surface area contributed by atoms with Crippen LogP contribution in [0.4, 0.5) is 5.69 Å². The number of hydrogen-bond donors (Lipinski definition) is 3. The number of aryl methyl sites for hydroxylation is 2. The van der Waals surface area contributed by atoms with Crippen molar-refractivity contribution in [1.82, 2.24) is 0 Å². The molecule has 32 heavy (non-hydrogen) atoms. The lowest BCUT2D eigenvalue weighted by atomic mass is 10.1. The van der Waals surface area contributed by atoms with Gasteiger partial charge >= 0.3 is 11.9 Å². The van der Waals surface area contributed by atoms with Gasteiger partial charge in [0.25, 0.3) is 0 Å². The molecule has 0 aliphatic carbocycles. The summed E-state index contributed by atoms with van der Waals surface area (Å²) in [4.78, 5) is 35.7. The van der Waals surface area contributed by atoms with E-state index in [2.05, 4.69) is 5.32 Å². The number of aromatic carboxylic acids is 1. The number of thiophene rings is 1. The molecule has 0 radical (unpaired) electrons. The molecule has 7 heteroatoms. The van der Waals surface area contributed by atoms with E-state index in [-0.39, 0.29) is 17.1 Å². The number of Topliss-reactive ketones (excluding diaryl/α,β-unsaturated/α-hetero) is 1. The predicted molar refractivity (Wildman–Crippen MR) is 126 cm³/mol. The van der Waals surface area contributed by atoms with Crippen molar-refractivity contribution in [3.63, 3.8) is 0 Å². The number of rotatable bonds is 11. The molecule has 0 saturated carbocycles. The lowest BCUT2D eigenvalue weighted by Gasteiger charge is -2.06. The highest BCUT2D eigenvalue weighted by Gasteiger charge is 2.16. The fraction of sp³-hybridized carbons (Fsp3) is 0.240. The Bertz CT molecular complexity index is 1100. The van der Waals surface area contributed by atoms with Crippen LogP contribution in [0.25, 0.3) is 10.4 Å². The number of carboxylic acids is 2. The Morgan fingerprint density at radius 3 is 2.25 bits per heavy atom. The number of hydrogen-bond acceptors (Lipinski definition) is 5. The fourth-order valence-electron chi connectivity index (χ4n) is 3.27. The van der Waals surface area contributed by atoms with Crippen LogP contribution in [0, 0.1) is 6.92 Å². The molecular formula is C25H25NO5S. The Morgan fingerprint density at radius 1 is 0.938 bits per heavy atom. The first-order valence-corrected chi connectivity index (χ1v) is 11.2. The van der Waals surface area contributed by atoms with Gasteiger partial charge in [0, 0.05) is 29.8 Å². The standard InChI is InChI=1S/C25H25NO5S/c1-16-4-9-18(10-5-16)21(27)3-2-14-26-20-15-22(32-24(20)25(30)31)19-11-6-17(7-12-19)8-13-23(28)29/h4-7,9-12,15,26H,2-3,8,13-14H2,1H3,(H,28,29)(H,30,31). The van der Waals surface area contributed by atoms with Gasteiger partial charge in [-0.15, -0.1) is 11.3 Å². The Balaban J connectivity index is 1.61. The molecule has 0 amide bonds. The van der Waals surface area contributed by atoms with Gasteiger partial charge < -0.3 is 15.5 Å². The summed E-state index contributed by atoms with van der Waals surface area (Å²) in [7, 11) is 0. The van der Waals surface area contributed by atoms with Gasteiger partial charge in [-0.25, -0.2) is 4.79 Å². The van der Waals surface area contributed by atoms with Gasteiger partial charge in [-0.05, 0) is 37.0 Å². The minimum Gasteiger partial charge on any atom is -0.481 e. The second-order valence-corrected chi connectivity index (χ2v) is 8.62. The third kappa shape index (κ3) is 6.28. The van der Waals surface area contributed by atoms with E-state index in [0.29, 0.717) is 37.1 Å². The molecule has 3 aromatic rings. The Labute approximate surface area is 190 Å². The van der Waals surface area contributed by atoms with E-state index in [1.807, 2.05) is 61.5 Å². The van der Waals surface area contributed by atoms with E-state index in [1.54, 1.807) is 0 Å². The monoisotopic (exact) mass is 451 g/mol. The molecule has 0 atom stereocenters. The molecule has 6 nitrogen and oxygen atoms in total. The molecular weight excluding hydrogens is 426 g/mol. The number of ketones is 1. The molecule has 0 fully saturated rings. The van der Waals surface area contributed by atoms with E-state index in [0.717, 1.165) is 21.6 Å². The molecule has 2 aromatic carbocycles. The van der Waals surface area contributed by atoms with Gasteiger partial charge in [-0.2, -0.15) is 0 Å². The van der Waals surface area contributed by atoms with Crippen molar-refractivity contribution >= 4 is 34.7 Å². The summed E-state index contributed by atoms with van der Waals surface area (Å²) in [5.74, 6) is -1.77. The largest absolute Gasteiger partial charge is 0.481 e. The number of aliphatic carboxylic acids is 1. The third-order valence-electron chi connectivity index (χ3n) is 5.06. The van der Waals surface area contributed by atoms with Crippen molar-refractivity contribution in [3.05, 3.63) is 76.2 Å². The van der Waals surface area contributed by atoms with E-state index in [4.69, 9.17) is 5.11 Å². The number of carboxylic acid groups (broad SMARTS) is 2. The van der Waals surface area contributed by atoms with Crippen molar-refractivity contribution in [2.75, 3.05) is 11.9 Å². The van der Waals surface area contributed by atoms with Gasteiger partial charge in [0.1, 0.15) is 4.88 Å². The predicted octanol–water partition coefficient (Wildman–Crippen LogP) is 5.51. The minimum absolute atomic E-state index is 0.0688. The zero-order chi connectivity index (χ0) is 23.1. The van der Waals surface area contributed by atoms with Crippen LogP contribution < -0.4 is 5.32 Å². The first-order chi connectivity index (χ1) is 15.3. The molecule has 0 aliphatic rings. The number of carbonyl (C=O) groups excluding carboxylic acids is 1. The minimum atomic E-state index is -1.00. The first kappa shape index (κ1) is 23.2. The zero-order valence-corrected chi connectivity index (χ0v) is 18.6. The maximum atomic E-state index is 12.3. The van der Waals surface area contributed by atoms with Crippen molar-refractivity contribution in [2.45, 2.75) is 32.6 Å². The van der Waals surface area contributed by atoms with Gasteiger partial charge in [0.15, 0.2) is 5.78 Å². The van der Waals surface area contributed by atoms with E-state index < -0.39 is 11.9 Å². The average molecular weight is 452 g/mol. The van der Waals surface area contributed by atoms with Crippen LogP contribution in [0.5, 0.6) is 0 Å². The van der Waals surface area contributed by atoms with Crippen molar-refractivity contribution in [2.24, 2.45) is 0 Å². The molecule has 166 valence electrons. The van der Waals surface area contributed by atoms with E-state index in [9.17, 15) is 19.5 Å². The maximum absolute atomic E-state index is 12.3. The summed E-state index contributed by atoms with van der Waals surface area (Å²) in [6.45, 7) is 2.46. The molecule has 1 heterocycles. The highest BCUT2D eigenvalue weighted by molar-refractivity contribution is 7.18. The summed E-state index contributed by atoms with van der Waals surface area (Å²) in [5.41, 5.74) is 4.12. The highest BCUT2D eigenvalue weighted by atomic mass is 32.1. The molecule has 0 bridgehead atoms. The fourth-order valence-corrected chi connectivity index (χ4v) is 4.25. The molecule has 3 N–H and O–H groups in total. The summed E-state index contributed by atoms with van der Waals surface area (Å²) >= 11 is 1.18. The van der Waals surface area contributed by atoms with Gasteiger partial charge in [-0.1, -0.05) is 54.1 Å². The molecule has 0 saturated heterocycles. The maximum Gasteiger partial charge on any atom is 0.348 e. The molecule has 0 unspecified atom stereocenters. The molecule has 3 rings (SSSR count). The van der Waals surface area contributed by atoms with Crippen molar-refractivity contribution in [1.29, 1.82) is 0 Å². The van der Waals surface area contributed by atoms with Crippen LogP contribution in [-0.4, -0.2) is 34.5 Å². The molecule has 0 spiro atoms. The summed E-state index contributed by atoms with van der Waals surface area (Å²) in [6.07, 6.45) is 1.50. The SMILES string of the molecule is Cc1ccc(C(=O)CCCNc2cc(-c3ccc(CCC(=O)O)cc3)sc2C(=O)O)cc1. The summed E-state index contributed by atoms with van der Waals surface area (Å²) in [6, 6.07) is 16.8. The lowest BCUT2D eigenvalue weighted by Crippen LogP contribution is -2.07. The molecule has 1 aromatic heterocycles. The van der Waals surface area contributed by atoms with Crippen LogP contribution in [0.15, 0.2) is 54.6 Å². The normalized spacial score (nSPS) is 10.7. The topological polar surface area (TPSA) is 104 Å². The second kappa shape index (κ2) is 10.7. The van der Waals surface area contributed by atoms with Crippen LogP contribution >= 0.6 is 11.3 Å². The first-order valence-electron chi connectivity index (χ1n) is 10.4. The highest BCUT2D eigenvalue weighted by Crippen LogP contribution is 2.35. The average Bonchev–Trinajstić information content (AvgIpc) is 3.20. The van der Waals surface area contributed by atoms with Crippen LogP contribution in [0.1, 0.15) is 50.4 Å². The Kier molecular flexibility index (Phi) is 7.78. The van der Waals surface area contributed by atoms with Crippen LogP contribution in [-0.2, 0) is 11.2 Å². The third-order valence-corrected chi connectivity index (χ3v) is 6.23. The van der Waals surface area contributed by atoms with Gasteiger partial charge in [-0.3, -0.25) is 9.59 Å². The number of anilines is 1.